The Labute approximate surface area is 187 Å². The number of nitrogens with one attached hydrogen (secondary N) is 1. The summed E-state index contributed by atoms with van der Waals surface area (Å²) < 4.78 is 20.6. The van der Waals surface area contributed by atoms with Gasteiger partial charge in [-0.3, -0.25) is 9.88 Å². The lowest BCUT2D eigenvalue weighted by atomic mass is 9.98. The molecule has 32 heavy (non-hydrogen) atoms. The number of tetrazole rings is 1. The van der Waals surface area contributed by atoms with Gasteiger partial charge >= 0.3 is 0 Å². The SMILES string of the molecule is COc1ccnc(CN2CCN(c3cc(CC(C)C)cc(F)c3-c3nn[nH]n3)CC2)c1C. The second kappa shape index (κ2) is 9.60. The van der Waals surface area contributed by atoms with Crippen molar-refractivity contribution in [3.8, 4) is 17.1 Å². The first-order valence-corrected chi connectivity index (χ1v) is 11.0. The van der Waals surface area contributed by atoms with Crippen molar-refractivity contribution in [1.29, 1.82) is 0 Å². The molecule has 1 N–H and O–H groups in total. The van der Waals surface area contributed by atoms with Gasteiger partial charge in [0.25, 0.3) is 0 Å². The monoisotopic (exact) mass is 439 g/mol. The number of aromatic nitrogens is 5. The number of methoxy groups -OCH3 is 1. The molecular weight excluding hydrogens is 409 g/mol. The molecule has 1 saturated heterocycles. The molecule has 0 radical (unpaired) electrons. The van der Waals surface area contributed by atoms with Crippen molar-refractivity contribution in [2.75, 3.05) is 38.2 Å². The van der Waals surface area contributed by atoms with Crippen molar-refractivity contribution in [2.45, 2.75) is 33.7 Å². The molecule has 2 aromatic heterocycles. The highest BCUT2D eigenvalue weighted by molar-refractivity contribution is 5.75. The highest BCUT2D eigenvalue weighted by Gasteiger charge is 2.25. The van der Waals surface area contributed by atoms with Crippen molar-refractivity contribution in [3.63, 3.8) is 0 Å². The fraction of sp³-hybridized carbons (Fsp3) is 0.478. The average Bonchev–Trinajstić information content (AvgIpc) is 3.29. The summed E-state index contributed by atoms with van der Waals surface area (Å²) >= 11 is 0. The third-order valence-corrected chi connectivity index (χ3v) is 5.91. The highest BCUT2D eigenvalue weighted by Crippen LogP contribution is 2.34. The minimum Gasteiger partial charge on any atom is -0.496 e. The van der Waals surface area contributed by atoms with E-state index in [1.165, 1.54) is 0 Å². The Morgan fingerprint density at radius 1 is 1.19 bits per heavy atom. The topological polar surface area (TPSA) is 83.1 Å². The first-order chi connectivity index (χ1) is 15.5. The molecule has 0 amide bonds. The molecule has 1 fully saturated rings. The predicted octanol–water partition coefficient (Wildman–Crippen LogP) is 3.24. The van der Waals surface area contributed by atoms with Gasteiger partial charge in [-0.2, -0.15) is 5.21 Å². The molecule has 9 heteroatoms. The summed E-state index contributed by atoms with van der Waals surface area (Å²) in [4.78, 5) is 9.14. The number of ether oxygens (including phenoxy) is 1. The Bertz CT molecular complexity index is 1050. The molecule has 0 saturated carbocycles. The van der Waals surface area contributed by atoms with E-state index in [-0.39, 0.29) is 11.6 Å². The van der Waals surface area contributed by atoms with E-state index in [9.17, 15) is 0 Å². The summed E-state index contributed by atoms with van der Waals surface area (Å²) in [6, 6.07) is 5.57. The predicted molar refractivity (Wildman–Crippen MR) is 121 cm³/mol. The number of aromatic amines is 1. The van der Waals surface area contributed by atoms with Gasteiger partial charge < -0.3 is 9.64 Å². The highest BCUT2D eigenvalue weighted by atomic mass is 19.1. The summed E-state index contributed by atoms with van der Waals surface area (Å²) in [5.74, 6) is 1.27. The summed E-state index contributed by atoms with van der Waals surface area (Å²) in [5.41, 5.74) is 4.32. The molecule has 0 atom stereocenters. The Morgan fingerprint density at radius 2 is 1.97 bits per heavy atom. The summed E-state index contributed by atoms with van der Waals surface area (Å²) in [7, 11) is 1.68. The zero-order chi connectivity index (χ0) is 22.7. The average molecular weight is 440 g/mol. The van der Waals surface area contributed by atoms with Gasteiger partial charge in [0.15, 0.2) is 0 Å². The van der Waals surface area contributed by atoms with E-state index in [0.29, 0.717) is 11.5 Å². The Kier molecular flexibility index (Phi) is 6.64. The lowest BCUT2D eigenvalue weighted by Crippen LogP contribution is -2.46. The van der Waals surface area contributed by atoms with Gasteiger partial charge in [-0.25, -0.2) is 4.39 Å². The van der Waals surface area contributed by atoms with Gasteiger partial charge in [0.05, 0.1) is 24.1 Å². The molecule has 3 heterocycles. The molecule has 3 aromatic rings. The molecule has 1 aliphatic rings. The lowest BCUT2D eigenvalue weighted by Gasteiger charge is -2.37. The van der Waals surface area contributed by atoms with E-state index in [1.54, 1.807) is 19.4 Å². The van der Waals surface area contributed by atoms with Crippen molar-refractivity contribution < 1.29 is 9.13 Å². The number of anilines is 1. The van der Waals surface area contributed by atoms with Gasteiger partial charge in [0.2, 0.25) is 5.82 Å². The van der Waals surface area contributed by atoms with Crippen LogP contribution in [0.15, 0.2) is 24.4 Å². The maximum Gasteiger partial charge on any atom is 0.209 e. The van der Waals surface area contributed by atoms with Crippen molar-refractivity contribution in [2.24, 2.45) is 5.92 Å². The van der Waals surface area contributed by atoms with Crippen molar-refractivity contribution >= 4 is 5.69 Å². The number of nitrogens with zero attached hydrogens (tertiary/aromatic N) is 6. The van der Waals surface area contributed by atoms with Crippen LogP contribution >= 0.6 is 0 Å². The second-order valence-electron chi connectivity index (χ2n) is 8.65. The van der Waals surface area contributed by atoms with Crippen LogP contribution in [0.25, 0.3) is 11.4 Å². The van der Waals surface area contributed by atoms with Crippen molar-refractivity contribution in [1.82, 2.24) is 30.5 Å². The van der Waals surface area contributed by atoms with Gasteiger partial charge in [-0.05, 0) is 48.2 Å². The molecule has 0 unspecified atom stereocenters. The minimum atomic E-state index is -0.307. The first kappa shape index (κ1) is 22.1. The summed E-state index contributed by atoms with van der Waals surface area (Å²) in [5, 5.41) is 14.2. The van der Waals surface area contributed by atoms with Crippen LogP contribution in [0.1, 0.15) is 30.7 Å². The van der Waals surface area contributed by atoms with E-state index in [2.05, 4.69) is 55.3 Å². The number of pyridine rings is 1. The number of piperazine rings is 1. The van der Waals surface area contributed by atoms with Gasteiger partial charge in [0, 0.05) is 44.5 Å². The number of benzene rings is 1. The first-order valence-electron chi connectivity index (χ1n) is 11.0. The van der Waals surface area contributed by atoms with E-state index in [0.717, 1.165) is 67.4 Å². The molecular formula is C23H30FN7O. The maximum absolute atomic E-state index is 15.2. The van der Waals surface area contributed by atoms with Crippen LogP contribution in [0.4, 0.5) is 10.1 Å². The molecule has 170 valence electrons. The Morgan fingerprint density at radius 3 is 2.62 bits per heavy atom. The van der Waals surface area contributed by atoms with E-state index >= 15 is 4.39 Å². The van der Waals surface area contributed by atoms with Crippen LogP contribution < -0.4 is 9.64 Å². The van der Waals surface area contributed by atoms with Gasteiger partial charge in [-0.15, -0.1) is 10.2 Å². The van der Waals surface area contributed by atoms with E-state index in [1.807, 2.05) is 13.0 Å². The second-order valence-corrected chi connectivity index (χ2v) is 8.65. The fourth-order valence-electron chi connectivity index (χ4n) is 4.27. The number of rotatable bonds is 7. The number of halogens is 1. The Hall–Kier alpha value is -3.07. The third kappa shape index (κ3) is 4.72. The summed E-state index contributed by atoms with van der Waals surface area (Å²) in [6.45, 7) is 10.3. The quantitative estimate of drug-likeness (QED) is 0.605. The van der Waals surface area contributed by atoms with Crippen LogP contribution in [0, 0.1) is 18.7 Å². The summed E-state index contributed by atoms with van der Waals surface area (Å²) in [6.07, 6.45) is 2.61. The third-order valence-electron chi connectivity index (χ3n) is 5.91. The minimum absolute atomic E-state index is 0.284. The Balaban J connectivity index is 1.54. The zero-order valence-corrected chi connectivity index (χ0v) is 19.1. The van der Waals surface area contributed by atoms with Crippen LogP contribution in [0.5, 0.6) is 5.75 Å². The zero-order valence-electron chi connectivity index (χ0n) is 19.1. The van der Waals surface area contributed by atoms with Crippen LogP contribution in [0.2, 0.25) is 0 Å². The molecule has 1 aromatic carbocycles. The standard InChI is InChI=1S/C23H30FN7O/c1-15(2)11-17-12-18(24)22(23-26-28-29-27-23)20(13-17)31-9-7-30(8-10-31)14-19-16(3)21(32-4)5-6-25-19/h5-6,12-13,15H,7-11,14H2,1-4H3,(H,26,27,28,29). The number of hydrogen-bond donors (Lipinski definition) is 1. The van der Waals surface area contributed by atoms with Gasteiger partial charge in [0.1, 0.15) is 11.6 Å². The molecule has 8 nitrogen and oxygen atoms in total. The van der Waals surface area contributed by atoms with E-state index < -0.39 is 0 Å². The number of hydrogen-bond acceptors (Lipinski definition) is 7. The van der Waals surface area contributed by atoms with Crippen LogP contribution in [0.3, 0.4) is 0 Å². The molecule has 0 aliphatic carbocycles. The van der Waals surface area contributed by atoms with E-state index in [4.69, 9.17) is 4.74 Å². The molecule has 0 bridgehead atoms. The molecule has 1 aliphatic heterocycles. The normalized spacial score (nSPS) is 14.9. The van der Waals surface area contributed by atoms with Gasteiger partial charge in [-0.1, -0.05) is 13.8 Å². The lowest BCUT2D eigenvalue weighted by molar-refractivity contribution is 0.246. The van der Waals surface area contributed by atoms with Crippen molar-refractivity contribution in [3.05, 3.63) is 47.0 Å². The van der Waals surface area contributed by atoms with Crippen LogP contribution in [-0.4, -0.2) is 63.8 Å². The molecule has 4 rings (SSSR count). The molecule has 0 spiro atoms. The number of H-pyrrole nitrogens is 1. The van der Waals surface area contributed by atoms with Crippen LogP contribution in [-0.2, 0) is 13.0 Å². The maximum atomic E-state index is 15.2. The smallest absolute Gasteiger partial charge is 0.209 e. The fourth-order valence-corrected chi connectivity index (χ4v) is 4.27. The largest absolute Gasteiger partial charge is 0.496 e.